The summed E-state index contributed by atoms with van der Waals surface area (Å²) in [4.78, 5) is 34.3. The van der Waals surface area contributed by atoms with Gasteiger partial charge in [0, 0.05) is 37.0 Å². The maximum absolute atomic E-state index is 12.8. The summed E-state index contributed by atoms with van der Waals surface area (Å²) in [5, 5.41) is 0. The summed E-state index contributed by atoms with van der Waals surface area (Å²) >= 11 is 7.21. The van der Waals surface area contributed by atoms with Gasteiger partial charge in [-0.2, -0.15) is 4.98 Å². The van der Waals surface area contributed by atoms with Crippen molar-refractivity contribution in [3.63, 3.8) is 0 Å². The summed E-state index contributed by atoms with van der Waals surface area (Å²) in [5.74, 6) is 0.359. The summed E-state index contributed by atoms with van der Waals surface area (Å²) in [5.41, 5.74) is -0.486. The van der Waals surface area contributed by atoms with Crippen molar-refractivity contribution in [3.8, 4) is 11.4 Å². The Morgan fingerprint density at radius 2 is 2.20 bits per heavy atom. The normalized spacial score (nSPS) is 12.6. The van der Waals surface area contributed by atoms with Crippen LogP contribution in [0, 0.1) is 0 Å². The second-order valence-electron chi connectivity index (χ2n) is 5.65. The van der Waals surface area contributed by atoms with Crippen molar-refractivity contribution < 1.29 is 4.74 Å². The molecule has 0 bridgehead atoms. The van der Waals surface area contributed by atoms with Crippen LogP contribution in [0.3, 0.4) is 0 Å². The van der Waals surface area contributed by atoms with Crippen LogP contribution < -0.4 is 11.2 Å². The second-order valence-corrected chi connectivity index (χ2v) is 7.35. The fraction of sp³-hybridized carbons (Fsp3) is 0.375. The van der Waals surface area contributed by atoms with Crippen LogP contribution in [-0.2, 0) is 11.3 Å². The van der Waals surface area contributed by atoms with Crippen LogP contribution in [-0.4, -0.2) is 32.8 Å². The monoisotopic (exact) mass is 380 g/mol. The van der Waals surface area contributed by atoms with Crippen molar-refractivity contribution in [1.29, 1.82) is 0 Å². The molecule has 0 amide bonds. The van der Waals surface area contributed by atoms with Crippen LogP contribution in [0.15, 0.2) is 34.1 Å². The Balaban J connectivity index is 2.06. The van der Waals surface area contributed by atoms with E-state index in [0.29, 0.717) is 35.4 Å². The number of thiazole rings is 1. The minimum absolute atomic E-state index is 0.286. The fourth-order valence-electron chi connectivity index (χ4n) is 2.65. The molecule has 132 valence electrons. The third kappa shape index (κ3) is 3.65. The summed E-state index contributed by atoms with van der Waals surface area (Å²) in [6, 6.07) is 3.16. The first-order valence-corrected chi connectivity index (χ1v) is 8.91. The zero-order valence-corrected chi connectivity index (χ0v) is 15.4. The van der Waals surface area contributed by atoms with Gasteiger partial charge in [0.2, 0.25) is 0 Å². The molecule has 2 aliphatic heterocycles. The molecular weight excluding hydrogens is 364 g/mol. The van der Waals surface area contributed by atoms with E-state index in [1.165, 1.54) is 15.9 Å². The van der Waals surface area contributed by atoms with Crippen molar-refractivity contribution in [1.82, 2.24) is 19.1 Å². The first-order valence-electron chi connectivity index (χ1n) is 7.72. The van der Waals surface area contributed by atoms with E-state index < -0.39 is 5.69 Å². The summed E-state index contributed by atoms with van der Waals surface area (Å²) in [6.45, 7) is 2.72. The molecule has 9 heteroatoms. The minimum Gasteiger partial charge on any atom is -0.385 e. The molecule has 0 fully saturated rings. The molecule has 0 radical (unpaired) electrons. The molecule has 1 aromatic heterocycles. The Bertz CT molecular complexity index is 965. The van der Waals surface area contributed by atoms with Gasteiger partial charge in [0.05, 0.1) is 12.1 Å². The highest BCUT2D eigenvalue weighted by Gasteiger charge is 2.20. The molecule has 0 aliphatic carbocycles. The lowest BCUT2D eigenvalue weighted by atomic mass is 10.2. The molecule has 25 heavy (non-hydrogen) atoms. The van der Waals surface area contributed by atoms with E-state index in [4.69, 9.17) is 16.3 Å². The lowest BCUT2D eigenvalue weighted by Crippen LogP contribution is -2.40. The fourth-order valence-corrected chi connectivity index (χ4v) is 3.63. The van der Waals surface area contributed by atoms with Gasteiger partial charge in [0.15, 0.2) is 10.3 Å². The second kappa shape index (κ2) is 7.47. The zero-order valence-electron chi connectivity index (χ0n) is 13.8. The largest absolute Gasteiger partial charge is 0.385 e. The molecule has 0 saturated carbocycles. The van der Waals surface area contributed by atoms with Crippen molar-refractivity contribution >= 4 is 22.9 Å². The first-order chi connectivity index (χ1) is 12.0. The Hall–Kier alpha value is -2.03. The maximum atomic E-state index is 12.8. The number of rotatable bonds is 6. The van der Waals surface area contributed by atoms with E-state index >= 15 is 0 Å². The van der Waals surface area contributed by atoms with Gasteiger partial charge in [0.25, 0.3) is 5.56 Å². The van der Waals surface area contributed by atoms with Crippen LogP contribution >= 0.6 is 22.9 Å². The Kier molecular flexibility index (Phi) is 5.31. The zero-order chi connectivity index (χ0) is 18.0. The highest BCUT2D eigenvalue weighted by Crippen LogP contribution is 2.21. The molecule has 3 rings (SSSR count). The molecule has 0 aromatic carbocycles. The molecular formula is C16H17ClN4O3S. The molecule has 1 unspecified atom stereocenters. The van der Waals surface area contributed by atoms with Crippen LogP contribution in [0.2, 0.25) is 4.47 Å². The third-order valence-corrected chi connectivity index (χ3v) is 5.03. The van der Waals surface area contributed by atoms with Gasteiger partial charge >= 0.3 is 5.69 Å². The van der Waals surface area contributed by atoms with Crippen molar-refractivity contribution in [2.75, 3.05) is 13.7 Å². The average Bonchev–Trinajstić information content (AvgIpc) is 2.99. The van der Waals surface area contributed by atoms with Crippen LogP contribution in [0.4, 0.5) is 0 Å². The van der Waals surface area contributed by atoms with E-state index in [9.17, 15) is 9.59 Å². The number of methoxy groups -OCH3 is 1. The molecule has 7 nitrogen and oxygen atoms in total. The smallest absolute Gasteiger partial charge is 0.352 e. The quantitative estimate of drug-likeness (QED) is 0.655. The Morgan fingerprint density at radius 1 is 1.40 bits per heavy atom. The standard InChI is InChI=1S/C16H17ClN4O3S/c1-10(5-7-24-2)21-14(22)12-4-3-6-20(13(12)19-16(21)23)9-11-8-18-15(17)25-11/h3-4,6,8,10H,5,7,9H2,1-2H3. The van der Waals surface area contributed by atoms with Gasteiger partial charge in [-0.05, 0) is 25.5 Å². The summed E-state index contributed by atoms with van der Waals surface area (Å²) < 4.78 is 8.42. The molecule has 2 aliphatic rings. The first kappa shape index (κ1) is 17.8. The van der Waals surface area contributed by atoms with Crippen molar-refractivity contribution in [2.24, 2.45) is 0 Å². The van der Waals surface area contributed by atoms with Crippen molar-refractivity contribution in [2.45, 2.75) is 25.9 Å². The van der Waals surface area contributed by atoms with E-state index in [-0.39, 0.29) is 11.6 Å². The number of aromatic nitrogens is 4. The highest BCUT2D eigenvalue weighted by molar-refractivity contribution is 7.15. The lowest BCUT2D eigenvalue weighted by Gasteiger charge is -2.17. The number of ether oxygens (including phenoxy) is 1. The SMILES string of the molecule is COCCC(C)n1c(=O)nc2n(Cc3cnc(Cl)s3)cccc-2c1=O. The lowest BCUT2D eigenvalue weighted by molar-refractivity contribution is 0.179. The molecule has 0 N–H and O–H groups in total. The molecule has 3 heterocycles. The van der Waals surface area contributed by atoms with E-state index in [2.05, 4.69) is 9.97 Å². The third-order valence-electron chi connectivity index (χ3n) is 3.93. The van der Waals surface area contributed by atoms with Gasteiger partial charge in [0.1, 0.15) is 0 Å². The molecule has 1 atom stereocenters. The van der Waals surface area contributed by atoms with E-state index in [1.54, 1.807) is 36.2 Å². The molecule has 1 aromatic rings. The van der Waals surface area contributed by atoms with Gasteiger partial charge in [-0.15, -0.1) is 11.3 Å². The van der Waals surface area contributed by atoms with E-state index in [0.717, 1.165) is 4.88 Å². The Morgan fingerprint density at radius 3 is 2.88 bits per heavy atom. The predicted octanol–water partition coefficient (Wildman–Crippen LogP) is 2.27. The number of hydrogen-bond acceptors (Lipinski definition) is 6. The van der Waals surface area contributed by atoms with Gasteiger partial charge < -0.3 is 9.30 Å². The predicted molar refractivity (Wildman–Crippen MR) is 96.8 cm³/mol. The van der Waals surface area contributed by atoms with Gasteiger partial charge in [-0.3, -0.25) is 9.36 Å². The van der Waals surface area contributed by atoms with Crippen LogP contribution in [0.25, 0.3) is 11.4 Å². The van der Waals surface area contributed by atoms with Crippen molar-refractivity contribution in [3.05, 3.63) is 54.7 Å². The van der Waals surface area contributed by atoms with Crippen LogP contribution in [0.1, 0.15) is 24.3 Å². The number of pyridine rings is 1. The van der Waals surface area contributed by atoms with Crippen LogP contribution in [0.5, 0.6) is 0 Å². The highest BCUT2D eigenvalue weighted by atomic mass is 35.5. The van der Waals surface area contributed by atoms with Gasteiger partial charge in [-0.1, -0.05) is 11.6 Å². The number of fused-ring (bicyclic) bond motifs is 1. The van der Waals surface area contributed by atoms with E-state index in [1.807, 2.05) is 6.92 Å². The summed E-state index contributed by atoms with van der Waals surface area (Å²) in [6.07, 6.45) is 4.01. The maximum Gasteiger partial charge on any atom is 0.352 e. The van der Waals surface area contributed by atoms with Gasteiger partial charge in [-0.25, -0.2) is 9.78 Å². The number of halogens is 1. The Labute approximate surface area is 152 Å². The summed E-state index contributed by atoms with van der Waals surface area (Å²) in [7, 11) is 1.58. The number of nitrogens with zero attached hydrogens (tertiary/aromatic N) is 4. The molecule has 0 saturated heterocycles. The topological polar surface area (TPSA) is 79.0 Å². The minimum atomic E-state index is -0.552. The average molecular weight is 381 g/mol. The number of hydrogen-bond donors (Lipinski definition) is 0. The molecule has 0 spiro atoms.